The molecule has 1 aromatic heterocycles. The number of ether oxygens (including phenoxy) is 2. The molecule has 2 unspecified atom stereocenters. The Morgan fingerprint density at radius 3 is 2.19 bits per heavy atom. The molecule has 8 heteroatoms. The summed E-state index contributed by atoms with van der Waals surface area (Å²) in [6.45, 7) is 0.874. The molecule has 2 atom stereocenters. The minimum atomic E-state index is -4.41. The number of nitrogens with zero attached hydrogens (tertiary/aromatic N) is 2. The summed E-state index contributed by atoms with van der Waals surface area (Å²) in [4.78, 5) is 5.92. The van der Waals surface area contributed by atoms with Crippen molar-refractivity contribution in [2.45, 2.75) is 18.4 Å². The molecule has 2 heterocycles. The van der Waals surface area contributed by atoms with E-state index < -0.39 is 11.7 Å². The number of hydrogen-bond donors (Lipinski definition) is 1. The molecule has 1 N–H and O–H groups in total. The Labute approximate surface area is 121 Å². The smallest absolute Gasteiger partial charge is 0.377 e. The lowest BCUT2D eigenvalue weighted by Gasteiger charge is -2.19. The van der Waals surface area contributed by atoms with Crippen molar-refractivity contribution in [3.63, 3.8) is 0 Å². The molecule has 1 aliphatic rings. The summed E-state index contributed by atoms with van der Waals surface area (Å²) in [5.74, 6) is 0.436. The Morgan fingerprint density at radius 1 is 1.19 bits per heavy atom. The molecule has 118 valence electrons. The molecule has 5 nitrogen and oxygen atoms in total. The third-order valence-electron chi connectivity index (χ3n) is 3.54. The fourth-order valence-corrected chi connectivity index (χ4v) is 2.35. The molecule has 0 aromatic carbocycles. The zero-order chi connectivity index (χ0) is 15.6. The predicted octanol–water partition coefficient (Wildman–Crippen LogP) is 1.99. The minimum Gasteiger partial charge on any atom is -0.377 e. The minimum absolute atomic E-state index is 0.176. The molecule has 0 bridgehead atoms. The van der Waals surface area contributed by atoms with Crippen LogP contribution in [0.25, 0.3) is 0 Å². The van der Waals surface area contributed by atoms with E-state index in [9.17, 15) is 13.2 Å². The molecule has 1 fully saturated rings. The van der Waals surface area contributed by atoms with Gasteiger partial charge in [-0.05, 0) is 12.1 Å². The molecule has 21 heavy (non-hydrogen) atoms. The van der Waals surface area contributed by atoms with Gasteiger partial charge in [-0.15, -0.1) is 0 Å². The van der Waals surface area contributed by atoms with Crippen molar-refractivity contribution < 1.29 is 22.6 Å². The number of hydrogen-bond acceptors (Lipinski definition) is 5. The maximum absolute atomic E-state index is 12.9. The van der Waals surface area contributed by atoms with Crippen molar-refractivity contribution in [3.8, 4) is 0 Å². The van der Waals surface area contributed by atoms with Crippen molar-refractivity contribution in [2.24, 2.45) is 0 Å². The lowest BCUT2D eigenvalue weighted by atomic mass is 10.2. The fraction of sp³-hybridized carbons (Fsp3) is 0.615. The monoisotopic (exact) mass is 305 g/mol. The molecule has 1 saturated heterocycles. The van der Waals surface area contributed by atoms with E-state index in [2.05, 4.69) is 10.3 Å². The quantitative estimate of drug-likeness (QED) is 0.922. The number of halogens is 3. The zero-order valence-electron chi connectivity index (χ0n) is 12.1. The van der Waals surface area contributed by atoms with Crippen LogP contribution in [0.15, 0.2) is 12.1 Å². The second-order valence-electron chi connectivity index (χ2n) is 4.80. The first kappa shape index (κ1) is 15.8. The van der Waals surface area contributed by atoms with Crippen molar-refractivity contribution in [1.82, 2.24) is 4.98 Å². The van der Waals surface area contributed by atoms with Gasteiger partial charge in [-0.2, -0.15) is 13.2 Å². The summed E-state index contributed by atoms with van der Waals surface area (Å²) in [6, 6.07) is 2.03. The molecule has 0 aliphatic carbocycles. The van der Waals surface area contributed by atoms with E-state index >= 15 is 0 Å². The van der Waals surface area contributed by atoms with Crippen LogP contribution in [0.3, 0.4) is 0 Å². The third kappa shape index (κ3) is 3.38. The van der Waals surface area contributed by atoms with Gasteiger partial charge in [-0.25, -0.2) is 4.98 Å². The average Bonchev–Trinajstić information content (AvgIpc) is 2.89. The summed E-state index contributed by atoms with van der Waals surface area (Å²) in [5, 5.41) is 2.65. The number of pyridine rings is 1. The van der Waals surface area contributed by atoms with E-state index in [4.69, 9.17) is 9.47 Å². The molecule has 1 aromatic rings. The Bertz CT molecular complexity index is 484. The SMILES string of the molecule is CNc1cc(C(F)(F)F)cc(N2CC(OC)C(OC)C2)n1. The van der Waals surface area contributed by atoms with Gasteiger partial charge in [0.15, 0.2) is 0 Å². The van der Waals surface area contributed by atoms with Gasteiger partial charge in [0.2, 0.25) is 0 Å². The number of alkyl halides is 3. The Balaban J connectivity index is 2.31. The zero-order valence-corrected chi connectivity index (χ0v) is 12.1. The van der Waals surface area contributed by atoms with Crippen LogP contribution >= 0.6 is 0 Å². The van der Waals surface area contributed by atoms with Crippen LogP contribution in [0.2, 0.25) is 0 Å². The highest BCUT2D eigenvalue weighted by Gasteiger charge is 2.36. The van der Waals surface area contributed by atoms with Crippen molar-refractivity contribution in [2.75, 3.05) is 44.6 Å². The highest BCUT2D eigenvalue weighted by atomic mass is 19.4. The summed E-state index contributed by atoms with van der Waals surface area (Å²) in [5.41, 5.74) is -0.730. The number of methoxy groups -OCH3 is 2. The van der Waals surface area contributed by atoms with Crippen LogP contribution in [-0.2, 0) is 15.7 Å². The maximum Gasteiger partial charge on any atom is 0.416 e. The maximum atomic E-state index is 12.9. The average molecular weight is 305 g/mol. The third-order valence-corrected chi connectivity index (χ3v) is 3.54. The van der Waals surface area contributed by atoms with Crippen molar-refractivity contribution >= 4 is 11.6 Å². The normalized spacial score (nSPS) is 22.7. The fourth-order valence-electron chi connectivity index (χ4n) is 2.35. The van der Waals surface area contributed by atoms with Crippen LogP contribution in [0.4, 0.5) is 24.8 Å². The Morgan fingerprint density at radius 2 is 1.76 bits per heavy atom. The van der Waals surface area contributed by atoms with Crippen molar-refractivity contribution in [3.05, 3.63) is 17.7 Å². The molecule has 2 rings (SSSR count). The molecule has 0 amide bonds. The second-order valence-corrected chi connectivity index (χ2v) is 4.80. The molecule has 1 aliphatic heterocycles. The topological polar surface area (TPSA) is 46.6 Å². The molecular weight excluding hydrogens is 287 g/mol. The van der Waals surface area contributed by atoms with E-state index in [-0.39, 0.29) is 23.8 Å². The molecule has 0 radical (unpaired) electrons. The summed E-state index contributed by atoms with van der Waals surface area (Å²) >= 11 is 0. The van der Waals surface area contributed by atoms with Gasteiger partial charge >= 0.3 is 6.18 Å². The molecule has 0 saturated carbocycles. The predicted molar refractivity (Wildman–Crippen MR) is 72.6 cm³/mol. The summed E-state index contributed by atoms with van der Waals surface area (Å²) < 4.78 is 49.4. The van der Waals surface area contributed by atoms with Gasteiger partial charge in [0, 0.05) is 34.4 Å². The summed E-state index contributed by atoms with van der Waals surface area (Å²) in [6.07, 6.45) is -4.79. The Kier molecular flexibility index (Phi) is 4.58. The summed E-state index contributed by atoms with van der Waals surface area (Å²) in [7, 11) is 4.64. The van der Waals surface area contributed by atoms with Gasteiger partial charge in [0.05, 0.1) is 5.56 Å². The van der Waals surface area contributed by atoms with Crippen LogP contribution in [0.1, 0.15) is 5.56 Å². The second kappa shape index (κ2) is 6.07. The van der Waals surface area contributed by atoms with Crippen LogP contribution < -0.4 is 10.2 Å². The number of rotatable bonds is 4. The van der Waals surface area contributed by atoms with Crippen LogP contribution in [-0.4, -0.2) is 51.5 Å². The lowest BCUT2D eigenvalue weighted by molar-refractivity contribution is -0.137. The van der Waals surface area contributed by atoms with E-state index in [0.717, 1.165) is 12.1 Å². The molecule has 0 spiro atoms. The van der Waals surface area contributed by atoms with Crippen molar-refractivity contribution in [1.29, 1.82) is 0 Å². The number of anilines is 2. The standard InChI is InChI=1S/C13H18F3N3O2/c1-17-11-4-8(13(14,15)16)5-12(18-11)19-6-9(20-2)10(7-19)21-3/h4-5,9-10H,6-7H2,1-3H3,(H,17,18). The highest BCUT2D eigenvalue weighted by Crippen LogP contribution is 2.33. The van der Waals surface area contributed by atoms with Gasteiger partial charge in [-0.3, -0.25) is 0 Å². The van der Waals surface area contributed by atoms with Crippen LogP contribution in [0, 0.1) is 0 Å². The van der Waals surface area contributed by atoms with Gasteiger partial charge < -0.3 is 19.7 Å². The number of aromatic nitrogens is 1. The van der Waals surface area contributed by atoms with Gasteiger partial charge in [-0.1, -0.05) is 0 Å². The highest BCUT2D eigenvalue weighted by molar-refractivity contribution is 5.52. The van der Waals surface area contributed by atoms with E-state index in [1.165, 1.54) is 7.05 Å². The first-order valence-corrected chi connectivity index (χ1v) is 6.46. The first-order chi connectivity index (χ1) is 9.88. The Hall–Kier alpha value is -1.54. The number of nitrogens with one attached hydrogen (secondary N) is 1. The van der Waals surface area contributed by atoms with Gasteiger partial charge in [0.25, 0.3) is 0 Å². The molecular formula is C13H18F3N3O2. The van der Waals surface area contributed by atoms with E-state index in [1.807, 2.05) is 0 Å². The van der Waals surface area contributed by atoms with E-state index in [0.29, 0.717) is 13.1 Å². The van der Waals surface area contributed by atoms with Crippen LogP contribution in [0.5, 0.6) is 0 Å². The lowest BCUT2D eigenvalue weighted by Crippen LogP contribution is -2.27. The largest absolute Gasteiger partial charge is 0.416 e. The van der Waals surface area contributed by atoms with E-state index in [1.54, 1.807) is 19.1 Å². The first-order valence-electron chi connectivity index (χ1n) is 6.46. The van der Waals surface area contributed by atoms with Gasteiger partial charge in [0.1, 0.15) is 23.8 Å².